The van der Waals surface area contributed by atoms with Crippen LogP contribution < -0.4 is 5.32 Å². The number of imide groups is 2. The van der Waals surface area contributed by atoms with Gasteiger partial charge in [-0.15, -0.1) is 0 Å². The average Bonchev–Trinajstić information content (AvgIpc) is 2.43. The second-order valence-electron chi connectivity index (χ2n) is 2.94. The van der Waals surface area contributed by atoms with Gasteiger partial charge in [-0.05, 0) is 0 Å². The molecule has 0 spiro atoms. The third-order valence-corrected chi connectivity index (χ3v) is 2.07. The van der Waals surface area contributed by atoms with Gasteiger partial charge in [0.1, 0.15) is 0 Å². The van der Waals surface area contributed by atoms with E-state index in [-0.39, 0.29) is 0 Å². The van der Waals surface area contributed by atoms with Crippen molar-refractivity contribution in [2.45, 2.75) is 0 Å². The molecule has 76 valence electrons. The lowest BCUT2D eigenvalue weighted by atomic mass is 10.5. The van der Waals surface area contributed by atoms with E-state index in [2.05, 4.69) is 0 Å². The minimum atomic E-state index is -0.874. The topological polar surface area (TPSA) is 79.0 Å². The van der Waals surface area contributed by atoms with E-state index in [9.17, 15) is 14.4 Å². The molecule has 2 heterocycles. The number of ether oxygens (including phenoxy) is 1. The van der Waals surface area contributed by atoms with Crippen molar-refractivity contribution in [2.75, 3.05) is 26.3 Å². The summed E-state index contributed by atoms with van der Waals surface area (Å²) in [6, 6.07) is -0.679. The molecule has 7 nitrogen and oxygen atoms in total. The first-order chi connectivity index (χ1) is 6.70. The molecular formula is C7H9N3O4. The number of morpholine rings is 1. The number of carbonyl (C=O) groups is 3. The Morgan fingerprint density at radius 3 is 2.29 bits per heavy atom. The number of urea groups is 1. The van der Waals surface area contributed by atoms with Crippen molar-refractivity contribution in [2.24, 2.45) is 0 Å². The van der Waals surface area contributed by atoms with E-state index in [4.69, 9.17) is 4.74 Å². The maximum atomic E-state index is 11.2. The quantitative estimate of drug-likeness (QED) is 0.402. The molecule has 0 aromatic heterocycles. The molecule has 0 radical (unpaired) electrons. The van der Waals surface area contributed by atoms with E-state index in [0.717, 1.165) is 5.01 Å². The van der Waals surface area contributed by atoms with Crippen LogP contribution in [-0.4, -0.2) is 54.2 Å². The van der Waals surface area contributed by atoms with Crippen LogP contribution in [0.15, 0.2) is 0 Å². The fourth-order valence-corrected chi connectivity index (χ4v) is 1.40. The van der Waals surface area contributed by atoms with E-state index in [0.29, 0.717) is 26.3 Å². The zero-order valence-electron chi connectivity index (χ0n) is 7.36. The molecule has 2 aliphatic heterocycles. The average molecular weight is 199 g/mol. The van der Waals surface area contributed by atoms with Crippen molar-refractivity contribution in [3.8, 4) is 0 Å². The first-order valence-electron chi connectivity index (χ1n) is 4.22. The van der Waals surface area contributed by atoms with Crippen molar-refractivity contribution in [3.63, 3.8) is 0 Å². The second kappa shape index (κ2) is 3.35. The number of hydrazine groups is 1. The Bertz CT molecular complexity index is 297. The standard InChI is InChI=1S/C7H9N3O4/c11-5-6(12)10(7(13)8-5)9-1-3-14-4-2-9/h1-4H2,(H,8,11,13). The predicted octanol–water partition coefficient (Wildman–Crippen LogP) is -1.69. The van der Waals surface area contributed by atoms with Gasteiger partial charge in [0.2, 0.25) is 0 Å². The van der Waals surface area contributed by atoms with Gasteiger partial charge in [0.05, 0.1) is 13.2 Å². The van der Waals surface area contributed by atoms with Crippen LogP contribution >= 0.6 is 0 Å². The lowest BCUT2D eigenvalue weighted by Crippen LogP contribution is -2.51. The number of hydrogen-bond acceptors (Lipinski definition) is 5. The number of nitrogens with one attached hydrogen (secondary N) is 1. The van der Waals surface area contributed by atoms with E-state index < -0.39 is 17.8 Å². The Morgan fingerprint density at radius 2 is 1.79 bits per heavy atom. The zero-order valence-corrected chi connectivity index (χ0v) is 7.36. The molecule has 4 amide bonds. The Hall–Kier alpha value is -1.47. The lowest BCUT2D eigenvalue weighted by molar-refractivity contribution is -0.151. The molecule has 0 aromatic rings. The fourth-order valence-electron chi connectivity index (χ4n) is 1.40. The van der Waals surface area contributed by atoms with Gasteiger partial charge in [-0.2, -0.15) is 5.01 Å². The highest BCUT2D eigenvalue weighted by atomic mass is 16.5. The van der Waals surface area contributed by atoms with Crippen molar-refractivity contribution in [1.29, 1.82) is 0 Å². The number of nitrogens with zero attached hydrogens (tertiary/aromatic N) is 2. The van der Waals surface area contributed by atoms with Crippen LogP contribution in [-0.2, 0) is 14.3 Å². The molecule has 2 fully saturated rings. The SMILES string of the molecule is O=C1NC(=O)N(N2CCOCC2)C1=O. The monoisotopic (exact) mass is 199 g/mol. The Kier molecular flexibility index (Phi) is 2.18. The Balaban J connectivity index is 2.12. The fraction of sp³-hybridized carbons (Fsp3) is 0.571. The van der Waals surface area contributed by atoms with Gasteiger partial charge >= 0.3 is 17.8 Å². The molecule has 0 bridgehead atoms. The zero-order chi connectivity index (χ0) is 10.1. The lowest BCUT2D eigenvalue weighted by Gasteiger charge is -2.31. The first kappa shape index (κ1) is 9.10. The molecule has 0 atom stereocenters. The third kappa shape index (κ3) is 1.36. The largest absolute Gasteiger partial charge is 0.379 e. The highest BCUT2D eigenvalue weighted by Gasteiger charge is 2.41. The molecule has 0 saturated carbocycles. The molecular weight excluding hydrogens is 190 g/mol. The second-order valence-corrected chi connectivity index (χ2v) is 2.94. The number of carbonyl (C=O) groups excluding carboxylic acids is 3. The number of amides is 4. The van der Waals surface area contributed by atoms with Crippen LogP contribution in [0.1, 0.15) is 0 Å². The van der Waals surface area contributed by atoms with Crippen molar-refractivity contribution >= 4 is 17.8 Å². The third-order valence-electron chi connectivity index (χ3n) is 2.07. The van der Waals surface area contributed by atoms with Crippen LogP contribution in [0.5, 0.6) is 0 Å². The highest BCUT2D eigenvalue weighted by molar-refractivity contribution is 6.44. The number of rotatable bonds is 1. The van der Waals surface area contributed by atoms with E-state index in [1.54, 1.807) is 0 Å². The normalized spacial score (nSPS) is 24.3. The summed E-state index contributed by atoms with van der Waals surface area (Å²) < 4.78 is 5.06. The van der Waals surface area contributed by atoms with Gasteiger partial charge < -0.3 is 4.74 Å². The predicted molar refractivity (Wildman–Crippen MR) is 42.8 cm³/mol. The van der Waals surface area contributed by atoms with Gasteiger partial charge in [-0.1, -0.05) is 0 Å². The molecule has 0 aliphatic carbocycles. The summed E-state index contributed by atoms with van der Waals surface area (Å²) in [6.45, 7) is 1.77. The molecule has 1 N–H and O–H groups in total. The minimum absolute atomic E-state index is 0.437. The van der Waals surface area contributed by atoms with Gasteiger partial charge in [0, 0.05) is 13.1 Å². The molecule has 0 aromatic carbocycles. The van der Waals surface area contributed by atoms with E-state index >= 15 is 0 Å². The van der Waals surface area contributed by atoms with Crippen LogP contribution in [0.25, 0.3) is 0 Å². The number of hydrogen-bond donors (Lipinski definition) is 1. The summed E-state index contributed by atoms with van der Waals surface area (Å²) in [7, 11) is 0. The summed E-state index contributed by atoms with van der Waals surface area (Å²) in [5.74, 6) is -1.70. The van der Waals surface area contributed by atoms with Crippen molar-refractivity contribution < 1.29 is 19.1 Å². The van der Waals surface area contributed by atoms with Crippen molar-refractivity contribution in [3.05, 3.63) is 0 Å². The Morgan fingerprint density at radius 1 is 1.14 bits per heavy atom. The van der Waals surface area contributed by atoms with Gasteiger partial charge in [-0.3, -0.25) is 14.9 Å². The summed E-state index contributed by atoms with van der Waals surface area (Å²) in [4.78, 5) is 33.3. The van der Waals surface area contributed by atoms with E-state index in [1.807, 2.05) is 5.32 Å². The first-order valence-corrected chi connectivity index (χ1v) is 4.22. The molecule has 14 heavy (non-hydrogen) atoms. The Labute approximate surface area is 79.6 Å². The van der Waals surface area contributed by atoms with Crippen LogP contribution in [0.2, 0.25) is 0 Å². The van der Waals surface area contributed by atoms with Crippen LogP contribution in [0.4, 0.5) is 4.79 Å². The molecule has 0 unspecified atom stereocenters. The van der Waals surface area contributed by atoms with Crippen molar-refractivity contribution in [1.82, 2.24) is 15.3 Å². The van der Waals surface area contributed by atoms with Crippen LogP contribution in [0, 0.1) is 0 Å². The maximum absolute atomic E-state index is 11.2. The molecule has 2 saturated heterocycles. The van der Waals surface area contributed by atoms with Crippen LogP contribution in [0.3, 0.4) is 0 Å². The van der Waals surface area contributed by atoms with Gasteiger partial charge in [-0.25, -0.2) is 9.80 Å². The minimum Gasteiger partial charge on any atom is -0.379 e. The molecule has 2 aliphatic rings. The summed E-state index contributed by atoms with van der Waals surface area (Å²) in [5, 5.41) is 4.27. The van der Waals surface area contributed by atoms with Gasteiger partial charge in [0.25, 0.3) is 0 Å². The van der Waals surface area contributed by atoms with Gasteiger partial charge in [0.15, 0.2) is 0 Å². The summed E-state index contributed by atoms with van der Waals surface area (Å²) in [5.41, 5.74) is 0. The summed E-state index contributed by atoms with van der Waals surface area (Å²) >= 11 is 0. The smallest absolute Gasteiger partial charge is 0.346 e. The van der Waals surface area contributed by atoms with E-state index in [1.165, 1.54) is 5.01 Å². The summed E-state index contributed by atoms with van der Waals surface area (Å²) in [6.07, 6.45) is 0. The maximum Gasteiger partial charge on any atom is 0.346 e. The highest BCUT2D eigenvalue weighted by Crippen LogP contribution is 2.08. The molecule has 7 heteroatoms. The molecule has 2 rings (SSSR count).